The second kappa shape index (κ2) is 7.72. The fraction of sp³-hybridized carbons (Fsp3) is 0.0870. The third-order valence-electron chi connectivity index (χ3n) is 4.09. The van der Waals surface area contributed by atoms with Gasteiger partial charge in [0, 0.05) is 22.4 Å². The normalized spacial score (nSPS) is 12.8. The maximum Gasteiger partial charge on any atom is 0 e. The van der Waals surface area contributed by atoms with Crippen LogP contribution in [0.3, 0.4) is 0 Å². The summed E-state index contributed by atoms with van der Waals surface area (Å²) in [6.07, 6.45) is 9.22. The molecule has 0 unspecified atom stereocenters. The largest absolute Gasteiger partial charge is 0.247 e. The van der Waals surface area contributed by atoms with Crippen molar-refractivity contribution in [3.63, 3.8) is 0 Å². The molecule has 0 aromatic heterocycles. The number of benzene rings is 2. The van der Waals surface area contributed by atoms with Crippen LogP contribution in [0.25, 0.3) is 16.7 Å². The van der Waals surface area contributed by atoms with E-state index in [0.717, 1.165) is 24.0 Å². The third-order valence-corrected chi connectivity index (χ3v) is 4.09. The molecular formula is C23H16Au-4. The van der Waals surface area contributed by atoms with Crippen molar-refractivity contribution < 1.29 is 22.4 Å². The van der Waals surface area contributed by atoms with Crippen molar-refractivity contribution >= 4 is 5.57 Å². The third kappa shape index (κ3) is 3.73. The van der Waals surface area contributed by atoms with Crippen molar-refractivity contribution in [1.29, 1.82) is 0 Å². The van der Waals surface area contributed by atoms with Crippen molar-refractivity contribution in [3.8, 4) is 11.1 Å². The summed E-state index contributed by atoms with van der Waals surface area (Å²) in [5, 5.41) is 0. The van der Waals surface area contributed by atoms with Crippen LogP contribution in [0.5, 0.6) is 0 Å². The van der Waals surface area contributed by atoms with Crippen LogP contribution in [0.4, 0.5) is 0 Å². The SMILES string of the molecule is [Au].[C-]1=C(c2[c-]c(Cc3[c-]c(-c4ccc[cH-]4)ccc3)ccc2)CC=C1. The summed E-state index contributed by atoms with van der Waals surface area (Å²) in [5.41, 5.74) is 7.14. The van der Waals surface area contributed by atoms with Crippen LogP contribution in [0, 0.1) is 18.2 Å². The van der Waals surface area contributed by atoms with Crippen LogP contribution >= 0.6 is 0 Å². The summed E-state index contributed by atoms with van der Waals surface area (Å²) < 4.78 is 0. The summed E-state index contributed by atoms with van der Waals surface area (Å²) in [7, 11) is 0. The first-order chi connectivity index (χ1) is 11.4. The average Bonchev–Trinajstić information content (AvgIpc) is 3.29. The molecule has 24 heavy (non-hydrogen) atoms. The van der Waals surface area contributed by atoms with Crippen LogP contribution in [-0.4, -0.2) is 0 Å². The number of allylic oxidation sites excluding steroid dienone is 4. The van der Waals surface area contributed by atoms with Crippen molar-refractivity contribution in [2.75, 3.05) is 0 Å². The van der Waals surface area contributed by atoms with Gasteiger partial charge in [0.2, 0.25) is 0 Å². The van der Waals surface area contributed by atoms with Gasteiger partial charge in [0.15, 0.2) is 0 Å². The zero-order chi connectivity index (χ0) is 15.5. The van der Waals surface area contributed by atoms with Crippen molar-refractivity contribution in [2.45, 2.75) is 12.8 Å². The Bertz CT molecular complexity index is 867. The monoisotopic (exact) mass is 489 g/mol. The van der Waals surface area contributed by atoms with E-state index in [1.54, 1.807) is 0 Å². The Balaban J connectivity index is 0.00000169. The summed E-state index contributed by atoms with van der Waals surface area (Å²) in [4.78, 5) is 0. The topological polar surface area (TPSA) is 0 Å². The van der Waals surface area contributed by atoms with Crippen LogP contribution in [-0.2, 0) is 28.8 Å². The Labute approximate surface area is 159 Å². The van der Waals surface area contributed by atoms with E-state index in [4.69, 9.17) is 0 Å². The molecule has 0 N–H and O–H groups in total. The van der Waals surface area contributed by atoms with Gasteiger partial charge in [-0.25, -0.2) is 40.5 Å². The van der Waals surface area contributed by atoms with Gasteiger partial charge in [0.25, 0.3) is 0 Å². The zero-order valence-corrected chi connectivity index (χ0v) is 15.3. The number of hydrogen-bond acceptors (Lipinski definition) is 0. The van der Waals surface area contributed by atoms with Gasteiger partial charge >= 0.3 is 0 Å². The Kier molecular flexibility index (Phi) is 5.42. The smallest absolute Gasteiger partial charge is 0 e. The first-order valence-corrected chi connectivity index (χ1v) is 7.91. The minimum atomic E-state index is 0. The maximum absolute atomic E-state index is 3.53. The second-order valence-electron chi connectivity index (χ2n) is 5.76. The van der Waals surface area contributed by atoms with Gasteiger partial charge in [-0.3, -0.25) is 0 Å². The molecule has 0 bridgehead atoms. The van der Waals surface area contributed by atoms with Crippen LogP contribution < -0.4 is 0 Å². The van der Waals surface area contributed by atoms with E-state index in [2.05, 4.69) is 84.9 Å². The predicted octanol–water partition coefficient (Wildman–Crippen LogP) is 5.41. The molecule has 0 nitrogen and oxygen atoms in total. The van der Waals surface area contributed by atoms with Gasteiger partial charge in [-0.1, -0.05) is 0 Å². The minimum absolute atomic E-state index is 0. The zero-order valence-electron chi connectivity index (χ0n) is 13.1. The Morgan fingerprint density at radius 3 is 2.29 bits per heavy atom. The predicted molar refractivity (Wildman–Crippen MR) is 94.8 cm³/mol. The van der Waals surface area contributed by atoms with E-state index < -0.39 is 0 Å². The summed E-state index contributed by atoms with van der Waals surface area (Å²) in [5.74, 6) is 0. The molecule has 4 rings (SSSR count). The molecule has 0 aliphatic heterocycles. The molecule has 1 aliphatic carbocycles. The van der Waals surface area contributed by atoms with Gasteiger partial charge in [0.05, 0.1) is 0 Å². The van der Waals surface area contributed by atoms with Gasteiger partial charge in [-0.15, -0.1) is 29.7 Å². The fourth-order valence-electron chi connectivity index (χ4n) is 2.93. The fourth-order valence-corrected chi connectivity index (χ4v) is 2.93. The molecule has 0 spiro atoms. The summed E-state index contributed by atoms with van der Waals surface area (Å²) in [6.45, 7) is 0. The minimum Gasteiger partial charge on any atom is -0.247 e. The van der Waals surface area contributed by atoms with Gasteiger partial charge in [-0.05, 0) is 6.42 Å². The van der Waals surface area contributed by atoms with Crippen LogP contribution in [0.2, 0.25) is 0 Å². The maximum atomic E-state index is 3.53. The molecule has 1 heteroatoms. The van der Waals surface area contributed by atoms with Crippen LogP contribution in [0.1, 0.15) is 23.1 Å². The molecule has 3 aromatic carbocycles. The molecule has 0 amide bonds. The van der Waals surface area contributed by atoms with Crippen molar-refractivity contribution in [3.05, 3.63) is 108 Å². The number of hydrogen-bond donors (Lipinski definition) is 0. The Morgan fingerprint density at radius 1 is 0.875 bits per heavy atom. The van der Waals surface area contributed by atoms with Crippen LogP contribution in [0.15, 0.2) is 72.8 Å². The molecule has 1 aliphatic rings. The van der Waals surface area contributed by atoms with E-state index >= 15 is 0 Å². The standard InChI is InChI=1S/C23H16.Au/c1-2-10-20(9-1)22-13-5-7-18(16-22)15-19-8-6-14-23(17-19)21-11-3-4-12-21;/h1-10,13-14H,11,15H2;/q-4;. The summed E-state index contributed by atoms with van der Waals surface area (Å²) in [6, 6.07) is 28.1. The van der Waals surface area contributed by atoms with E-state index in [9.17, 15) is 0 Å². The molecule has 0 fully saturated rings. The van der Waals surface area contributed by atoms with Gasteiger partial charge in [-0.2, -0.15) is 60.7 Å². The molecule has 123 valence electrons. The molecule has 1 radical (unpaired) electrons. The van der Waals surface area contributed by atoms with Crippen molar-refractivity contribution in [1.82, 2.24) is 0 Å². The second-order valence-corrected chi connectivity index (χ2v) is 5.76. The first-order valence-electron chi connectivity index (χ1n) is 7.91. The number of rotatable bonds is 4. The average molecular weight is 489 g/mol. The van der Waals surface area contributed by atoms with E-state index in [1.165, 1.54) is 22.3 Å². The molecule has 0 atom stereocenters. The Hall–Kier alpha value is -1.99. The molecule has 0 saturated carbocycles. The van der Waals surface area contributed by atoms with E-state index in [0.29, 0.717) is 0 Å². The molecule has 0 saturated heterocycles. The van der Waals surface area contributed by atoms with E-state index in [-0.39, 0.29) is 22.4 Å². The molecule has 3 aromatic rings. The van der Waals surface area contributed by atoms with Gasteiger partial charge < -0.3 is 0 Å². The molecule has 0 heterocycles. The quantitative estimate of drug-likeness (QED) is 0.340. The van der Waals surface area contributed by atoms with Crippen molar-refractivity contribution in [2.24, 2.45) is 0 Å². The Morgan fingerprint density at radius 2 is 1.62 bits per heavy atom. The summed E-state index contributed by atoms with van der Waals surface area (Å²) >= 11 is 0. The van der Waals surface area contributed by atoms with Gasteiger partial charge in [0.1, 0.15) is 0 Å². The first kappa shape index (κ1) is 16.9. The molecular weight excluding hydrogens is 473 g/mol. The van der Waals surface area contributed by atoms with E-state index in [1.807, 2.05) is 6.08 Å².